The standard InChI is InChI=1S/C19H23N3O3/c1-4-9-22-11(2)16(12(3)23)19(18(22)24)13-7-5-6-8-15(13)25-17(21)14(19)10-20/h4,13,15H,1,5-9,21H2,2-3H3. The highest BCUT2D eigenvalue weighted by Crippen LogP contribution is 2.58. The van der Waals surface area contributed by atoms with E-state index in [9.17, 15) is 14.9 Å². The molecule has 1 amide bonds. The van der Waals surface area contributed by atoms with Crippen molar-refractivity contribution in [2.24, 2.45) is 17.1 Å². The molecule has 3 aliphatic rings. The van der Waals surface area contributed by atoms with Gasteiger partial charge in [0, 0.05) is 23.7 Å². The van der Waals surface area contributed by atoms with Gasteiger partial charge in [0.25, 0.3) is 0 Å². The molecule has 1 aliphatic carbocycles. The third-order valence-corrected chi connectivity index (χ3v) is 5.70. The molecule has 132 valence electrons. The second kappa shape index (κ2) is 6.07. The predicted octanol–water partition coefficient (Wildman–Crippen LogP) is 2.15. The third kappa shape index (κ3) is 2.15. The van der Waals surface area contributed by atoms with Gasteiger partial charge < -0.3 is 15.4 Å². The molecule has 25 heavy (non-hydrogen) atoms. The number of nitriles is 1. The number of fused-ring (bicyclic) bond motifs is 2. The number of rotatable bonds is 3. The first-order chi connectivity index (χ1) is 11.9. The lowest BCUT2D eigenvalue weighted by Crippen LogP contribution is -2.54. The second-order valence-electron chi connectivity index (χ2n) is 6.93. The molecule has 6 heteroatoms. The van der Waals surface area contributed by atoms with Crippen molar-refractivity contribution in [1.29, 1.82) is 5.26 Å². The van der Waals surface area contributed by atoms with Crippen molar-refractivity contribution in [3.8, 4) is 6.07 Å². The molecule has 0 aromatic heterocycles. The van der Waals surface area contributed by atoms with Gasteiger partial charge in [-0.3, -0.25) is 9.59 Å². The quantitative estimate of drug-likeness (QED) is 0.793. The Morgan fingerprint density at radius 1 is 1.52 bits per heavy atom. The molecule has 2 heterocycles. The first-order valence-electron chi connectivity index (χ1n) is 8.63. The highest BCUT2D eigenvalue weighted by molar-refractivity contribution is 6.09. The maximum atomic E-state index is 13.6. The molecule has 0 aromatic rings. The lowest BCUT2D eigenvalue weighted by atomic mass is 9.58. The number of carbonyl (C=O) groups is 2. The van der Waals surface area contributed by atoms with Crippen LogP contribution in [0, 0.1) is 22.7 Å². The SMILES string of the molecule is C=CCN1C(=O)C2(C(C#N)=C(N)OC3CCCCC32)C(C(C)=O)=C1C. The lowest BCUT2D eigenvalue weighted by molar-refractivity contribution is -0.143. The summed E-state index contributed by atoms with van der Waals surface area (Å²) >= 11 is 0. The number of nitrogens with two attached hydrogens (primary N) is 1. The number of amides is 1. The summed E-state index contributed by atoms with van der Waals surface area (Å²) in [7, 11) is 0. The summed E-state index contributed by atoms with van der Waals surface area (Å²) in [6.07, 6.45) is 4.78. The van der Waals surface area contributed by atoms with Crippen molar-refractivity contribution in [1.82, 2.24) is 4.90 Å². The zero-order valence-electron chi connectivity index (χ0n) is 14.7. The Bertz CT molecular complexity index is 758. The largest absolute Gasteiger partial charge is 0.475 e. The van der Waals surface area contributed by atoms with Crippen molar-refractivity contribution in [2.75, 3.05) is 6.54 Å². The molecule has 3 unspecified atom stereocenters. The van der Waals surface area contributed by atoms with E-state index in [-0.39, 0.29) is 35.2 Å². The van der Waals surface area contributed by atoms with Gasteiger partial charge >= 0.3 is 0 Å². The topological polar surface area (TPSA) is 96.4 Å². The maximum absolute atomic E-state index is 13.6. The van der Waals surface area contributed by atoms with Gasteiger partial charge in [-0.05, 0) is 33.1 Å². The van der Waals surface area contributed by atoms with Crippen LogP contribution in [0.3, 0.4) is 0 Å². The molecule has 6 nitrogen and oxygen atoms in total. The summed E-state index contributed by atoms with van der Waals surface area (Å²) in [5.74, 6) is -0.732. The van der Waals surface area contributed by atoms with Crippen LogP contribution in [0.1, 0.15) is 39.5 Å². The van der Waals surface area contributed by atoms with Gasteiger partial charge in [-0.15, -0.1) is 6.58 Å². The fourth-order valence-corrected chi connectivity index (χ4v) is 4.83. The number of carbonyl (C=O) groups excluding carboxylic acids is 2. The van der Waals surface area contributed by atoms with Gasteiger partial charge in [0.2, 0.25) is 5.91 Å². The Balaban J connectivity index is 2.33. The fourth-order valence-electron chi connectivity index (χ4n) is 4.83. The average Bonchev–Trinajstić information content (AvgIpc) is 2.78. The average molecular weight is 341 g/mol. The Morgan fingerprint density at radius 2 is 2.20 bits per heavy atom. The summed E-state index contributed by atoms with van der Waals surface area (Å²) in [5, 5.41) is 9.80. The van der Waals surface area contributed by atoms with Crippen LogP contribution in [0.25, 0.3) is 0 Å². The van der Waals surface area contributed by atoms with Gasteiger partial charge in [0.1, 0.15) is 23.2 Å². The number of hydrogen-bond acceptors (Lipinski definition) is 5. The number of ether oxygens (including phenoxy) is 1. The van der Waals surface area contributed by atoms with Crippen molar-refractivity contribution >= 4 is 11.7 Å². The Labute approximate surface area is 147 Å². The first kappa shape index (κ1) is 17.3. The molecule has 3 atom stereocenters. The van der Waals surface area contributed by atoms with Crippen LogP contribution in [0.15, 0.2) is 35.4 Å². The minimum absolute atomic E-state index is 0.0222. The highest BCUT2D eigenvalue weighted by Gasteiger charge is 2.64. The van der Waals surface area contributed by atoms with E-state index in [1.807, 2.05) is 0 Å². The number of allylic oxidation sites excluding steroid dienone is 1. The van der Waals surface area contributed by atoms with Crippen LogP contribution >= 0.6 is 0 Å². The van der Waals surface area contributed by atoms with E-state index >= 15 is 0 Å². The van der Waals surface area contributed by atoms with E-state index in [1.54, 1.807) is 17.9 Å². The molecule has 0 bridgehead atoms. The van der Waals surface area contributed by atoms with Crippen LogP contribution in [-0.4, -0.2) is 29.2 Å². The maximum Gasteiger partial charge on any atom is 0.243 e. The number of Topliss-reactive ketones (excluding diaryl/α,β-unsaturated/α-hetero) is 1. The van der Waals surface area contributed by atoms with Gasteiger partial charge in [-0.2, -0.15) is 5.26 Å². The van der Waals surface area contributed by atoms with Gasteiger partial charge in [0.15, 0.2) is 11.7 Å². The highest BCUT2D eigenvalue weighted by atomic mass is 16.5. The normalized spacial score (nSPS) is 31.7. The van der Waals surface area contributed by atoms with Crippen LogP contribution in [0.4, 0.5) is 0 Å². The minimum atomic E-state index is -1.32. The van der Waals surface area contributed by atoms with E-state index in [4.69, 9.17) is 10.5 Å². The van der Waals surface area contributed by atoms with Crippen molar-refractivity contribution in [2.45, 2.75) is 45.6 Å². The number of hydrogen-bond donors (Lipinski definition) is 1. The zero-order chi connectivity index (χ0) is 18.4. The third-order valence-electron chi connectivity index (χ3n) is 5.70. The molecular formula is C19H23N3O3. The van der Waals surface area contributed by atoms with E-state index < -0.39 is 5.41 Å². The predicted molar refractivity (Wildman–Crippen MR) is 91.4 cm³/mol. The number of nitrogens with zero attached hydrogens (tertiary/aromatic N) is 2. The summed E-state index contributed by atoms with van der Waals surface area (Å²) in [6, 6.07) is 2.09. The van der Waals surface area contributed by atoms with Crippen LogP contribution < -0.4 is 5.73 Å². The summed E-state index contributed by atoms with van der Waals surface area (Å²) in [5.41, 5.74) is 5.79. The molecule has 1 saturated carbocycles. The summed E-state index contributed by atoms with van der Waals surface area (Å²) in [6.45, 7) is 7.20. The van der Waals surface area contributed by atoms with E-state index in [2.05, 4.69) is 12.6 Å². The van der Waals surface area contributed by atoms with Gasteiger partial charge in [0.05, 0.1) is 0 Å². The molecular weight excluding hydrogens is 318 g/mol. The van der Waals surface area contributed by atoms with Crippen molar-refractivity contribution in [3.63, 3.8) is 0 Å². The smallest absolute Gasteiger partial charge is 0.243 e. The van der Waals surface area contributed by atoms with Crippen molar-refractivity contribution in [3.05, 3.63) is 35.4 Å². The molecule has 3 rings (SSSR count). The van der Waals surface area contributed by atoms with E-state index in [1.165, 1.54) is 6.92 Å². The lowest BCUT2D eigenvalue weighted by Gasteiger charge is -2.47. The van der Waals surface area contributed by atoms with E-state index in [0.717, 1.165) is 25.7 Å². The first-order valence-corrected chi connectivity index (χ1v) is 8.63. The molecule has 1 fully saturated rings. The van der Waals surface area contributed by atoms with Crippen LogP contribution in [0.2, 0.25) is 0 Å². The molecule has 0 aromatic carbocycles. The van der Waals surface area contributed by atoms with E-state index in [0.29, 0.717) is 17.8 Å². The Morgan fingerprint density at radius 3 is 2.80 bits per heavy atom. The zero-order valence-corrected chi connectivity index (χ0v) is 14.7. The van der Waals surface area contributed by atoms with Gasteiger partial charge in [-0.25, -0.2) is 0 Å². The molecule has 1 spiro atoms. The summed E-state index contributed by atoms with van der Waals surface area (Å²) < 4.78 is 5.80. The molecule has 2 aliphatic heterocycles. The molecule has 0 radical (unpaired) electrons. The number of ketones is 1. The Hall–Kier alpha value is -2.55. The molecule has 0 saturated heterocycles. The Kier molecular flexibility index (Phi) is 4.19. The monoisotopic (exact) mass is 341 g/mol. The van der Waals surface area contributed by atoms with Crippen molar-refractivity contribution < 1.29 is 14.3 Å². The van der Waals surface area contributed by atoms with Gasteiger partial charge in [-0.1, -0.05) is 12.5 Å². The minimum Gasteiger partial charge on any atom is -0.475 e. The van der Waals surface area contributed by atoms with Crippen LogP contribution in [0.5, 0.6) is 0 Å². The van der Waals surface area contributed by atoms with Crippen LogP contribution in [-0.2, 0) is 14.3 Å². The fraction of sp³-hybridized carbons (Fsp3) is 0.526. The summed E-state index contributed by atoms with van der Waals surface area (Å²) in [4.78, 5) is 27.7. The molecule has 2 N–H and O–H groups in total. The second-order valence-corrected chi connectivity index (χ2v) is 6.93.